The summed E-state index contributed by atoms with van der Waals surface area (Å²) in [6.45, 7) is 17.4. The third kappa shape index (κ3) is 7.21. The second-order valence-corrected chi connectivity index (χ2v) is 10.4. The molecule has 1 aliphatic rings. The molecule has 3 nitrogen and oxygen atoms in total. The predicted octanol–water partition coefficient (Wildman–Crippen LogP) is 9.32. The Morgan fingerprint density at radius 2 is 1.54 bits per heavy atom. The van der Waals surface area contributed by atoms with Gasteiger partial charge in [0.2, 0.25) is 5.82 Å². The van der Waals surface area contributed by atoms with Crippen molar-refractivity contribution in [3.8, 4) is 6.07 Å². The third-order valence-corrected chi connectivity index (χ3v) is 6.77. The molecular formula is C33H30F5N3. The van der Waals surface area contributed by atoms with Gasteiger partial charge in [0.25, 0.3) is 5.70 Å². The van der Waals surface area contributed by atoms with Crippen molar-refractivity contribution in [2.45, 2.75) is 40.5 Å². The quantitative estimate of drug-likeness (QED) is 0.0800. The molecule has 0 radical (unpaired) electrons. The molecule has 41 heavy (non-hydrogen) atoms. The van der Waals surface area contributed by atoms with E-state index in [0.717, 1.165) is 48.0 Å². The second kappa shape index (κ2) is 13.3. The fraction of sp³-hybridized carbons (Fsp3) is 0.273. The minimum absolute atomic E-state index is 0.116. The lowest BCUT2D eigenvalue weighted by Crippen LogP contribution is -2.21. The van der Waals surface area contributed by atoms with Gasteiger partial charge in [-0.1, -0.05) is 62.4 Å². The Hall–Kier alpha value is -4.43. The lowest BCUT2D eigenvalue weighted by molar-refractivity contribution is 0.355. The number of hydrogen-bond acceptors (Lipinski definition) is 2. The summed E-state index contributed by atoms with van der Waals surface area (Å²) in [6, 6.07) is 9.73. The number of allylic oxidation sites excluding steroid dienone is 9. The SMILES string of the molecule is [C-]#[N+]C(C#N)=C(C=CC=C1C=C(C=Cc2ccc(N(CC)CC)cc2)CC(C)(C)C1)c1c(F)c(F)c(F)c(F)c1F. The van der Waals surface area contributed by atoms with Crippen LogP contribution >= 0.6 is 0 Å². The molecule has 3 rings (SSSR count). The lowest BCUT2D eigenvalue weighted by atomic mass is 9.75. The van der Waals surface area contributed by atoms with Crippen LogP contribution in [0.15, 0.2) is 71.5 Å². The van der Waals surface area contributed by atoms with E-state index in [1.165, 1.54) is 12.1 Å². The molecule has 0 saturated carbocycles. The summed E-state index contributed by atoms with van der Waals surface area (Å²) in [5.41, 5.74) is 1.15. The molecular weight excluding hydrogens is 533 g/mol. The first-order chi connectivity index (χ1) is 19.5. The molecule has 0 bridgehead atoms. The van der Waals surface area contributed by atoms with Gasteiger partial charge >= 0.3 is 0 Å². The van der Waals surface area contributed by atoms with Gasteiger partial charge in [-0.05, 0) is 60.9 Å². The largest absolute Gasteiger partial charge is 0.372 e. The molecule has 0 spiro atoms. The van der Waals surface area contributed by atoms with E-state index in [1.54, 1.807) is 6.08 Å². The Bertz CT molecular complexity index is 1500. The zero-order valence-electron chi connectivity index (χ0n) is 23.3. The van der Waals surface area contributed by atoms with Crippen LogP contribution in [0.3, 0.4) is 0 Å². The summed E-state index contributed by atoms with van der Waals surface area (Å²) in [6.07, 6.45) is 11.5. The number of nitrogens with zero attached hydrogens (tertiary/aromatic N) is 3. The van der Waals surface area contributed by atoms with E-state index in [0.29, 0.717) is 6.42 Å². The van der Waals surface area contributed by atoms with Crippen molar-refractivity contribution < 1.29 is 22.0 Å². The number of halogens is 5. The number of benzene rings is 2. The molecule has 212 valence electrons. The Balaban J connectivity index is 1.96. The van der Waals surface area contributed by atoms with E-state index in [9.17, 15) is 27.2 Å². The molecule has 0 atom stereocenters. The lowest BCUT2D eigenvalue weighted by Gasteiger charge is -2.30. The maximum absolute atomic E-state index is 14.5. The second-order valence-electron chi connectivity index (χ2n) is 10.4. The highest BCUT2D eigenvalue weighted by atomic mass is 19.2. The van der Waals surface area contributed by atoms with Gasteiger partial charge in [-0.2, -0.15) is 0 Å². The third-order valence-electron chi connectivity index (χ3n) is 6.77. The molecule has 1 aliphatic carbocycles. The van der Waals surface area contributed by atoms with Gasteiger partial charge in [0.05, 0.1) is 12.6 Å². The van der Waals surface area contributed by atoms with Gasteiger partial charge in [-0.15, -0.1) is 0 Å². The van der Waals surface area contributed by atoms with E-state index in [4.69, 9.17) is 6.57 Å². The van der Waals surface area contributed by atoms with E-state index < -0.39 is 45.9 Å². The highest BCUT2D eigenvalue weighted by Crippen LogP contribution is 2.39. The standard InChI is InChI=1S/C33H30F5N3/c1-6-41(7-2)24-15-13-21(14-16-24)11-12-23-17-22(18-33(3,4)19-23)9-8-10-25(26(20-39)40-5)27-28(34)30(36)32(38)31(37)29(27)35/h8-17H,6-7,18-19H2,1-4H3. The summed E-state index contributed by atoms with van der Waals surface area (Å²) in [5, 5.41) is 9.31. The summed E-state index contributed by atoms with van der Waals surface area (Å²) in [4.78, 5) is 5.18. The summed E-state index contributed by atoms with van der Waals surface area (Å²) in [7, 11) is 0. The Kier molecular flexibility index (Phi) is 10.1. The minimum Gasteiger partial charge on any atom is -0.372 e. The maximum Gasteiger partial charge on any atom is 0.269 e. The number of nitriles is 1. The van der Waals surface area contributed by atoms with Gasteiger partial charge < -0.3 is 4.90 Å². The predicted molar refractivity (Wildman–Crippen MR) is 153 cm³/mol. The smallest absolute Gasteiger partial charge is 0.269 e. The number of anilines is 1. The van der Waals surface area contributed by atoms with Gasteiger partial charge in [-0.3, -0.25) is 0 Å². The van der Waals surface area contributed by atoms with Crippen LogP contribution in [0.4, 0.5) is 27.6 Å². The van der Waals surface area contributed by atoms with Crippen LogP contribution < -0.4 is 4.90 Å². The molecule has 0 saturated heterocycles. The number of hydrogen-bond donors (Lipinski definition) is 0. The van der Waals surface area contributed by atoms with Crippen LogP contribution in [0.2, 0.25) is 0 Å². The van der Waals surface area contributed by atoms with Gasteiger partial charge in [0.1, 0.15) is 0 Å². The van der Waals surface area contributed by atoms with Gasteiger partial charge in [0.15, 0.2) is 23.3 Å². The highest BCUT2D eigenvalue weighted by molar-refractivity contribution is 5.81. The van der Waals surface area contributed by atoms with E-state index in [1.807, 2.05) is 18.2 Å². The van der Waals surface area contributed by atoms with Crippen LogP contribution in [0.25, 0.3) is 16.5 Å². The van der Waals surface area contributed by atoms with Crippen LogP contribution in [-0.4, -0.2) is 13.1 Å². The van der Waals surface area contributed by atoms with Crippen LogP contribution in [0.5, 0.6) is 0 Å². The minimum atomic E-state index is -2.31. The zero-order chi connectivity index (χ0) is 30.3. The highest BCUT2D eigenvalue weighted by Gasteiger charge is 2.28. The van der Waals surface area contributed by atoms with E-state index >= 15 is 0 Å². The molecule has 0 fully saturated rings. The Morgan fingerprint density at radius 3 is 2.07 bits per heavy atom. The van der Waals surface area contributed by atoms with Gasteiger partial charge in [-0.25, -0.2) is 32.1 Å². The summed E-state index contributed by atoms with van der Waals surface area (Å²) in [5.74, 6) is -10.8. The molecule has 2 aromatic rings. The molecule has 2 aromatic carbocycles. The van der Waals surface area contributed by atoms with Crippen molar-refractivity contribution in [2.75, 3.05) is 18.0 Å². The maximum atomic E-state index is 14.5. The summed E-state index contributed by atoms with van der Waals surface area (Å²) < 4.78 is 70.3. The first-order valence-electron chi connectivity index (χ1n) is 13.1. The Labute approximate surface area is 237 Å². The zero-order valence-corrected chi connectivity index (χ0v) is 23.3. The van der Waals surface area contributed by atoms with E-state index in [2.05, 4.69) is 61.7 Å². The molecule has 0 aliphatic heterocycles. The first kappa shape index (κ1) is 31.1. The van der Waals surface area contributed by atoms with Crippen molar-refractivity contribution in [3.05, 3.63) is 123 Å². The van der Waals surface area contributed by atoms with Crippen LogP contribution in [-0.2, 0) is 0 Å². The Morgan fingerprint density at radius 1 is 0.951 bits per heavy atom. The van der Waals surface area contributed by atoms with Crippen molar-refractivity contribution >= 4 is 17.3 Å². The van der Waals surface area contributed by atoms with Crippen molar-refractivity contribution in [1.29, 1.82) is 5.26 Å². The average molecular weight is 564 g/mol. The molecule has 0 heterocycles. The first-order valence-corrected chi connectivity index (χ1v) is 13.1. The van der Waals surface area contributed by atoms with Crippen molar-refractivity contribution in [3.63, 3.8) is 0 Å². The van der Waals surface area contributed by atoms with Crippen molar-refractivity contribution in [2.24, 2.45) is 5.41 Å². The monoisotopic (exact) mass is 563 g/mol. The average Bonchev–Trinajstić information content (AvgIpc) is 2.95. The molecule has 0 amide bonds. The number of rotatable bonds is 8. The normalized spacial score (nSPS) is 16.5. The van der Waals surface area contributed by atoms with Crippen LogP contribution in [0.1, 0.15) is 51.7 Å². The summed E-state index contributed by atoms with van der Waals surface area (Å²) >= 11 is 0. The van der Waals surface area contributed by atoms with Crippen LogP contribution in [0, 0.1) is 52.4 Å². The molecule has 0 N–H and O–H groups in total. The molecule has 0 unspecified atom stereocenters. The molecule has 0 aromatic heterocycles. The fourth-order valence-electron chi connectivity index (χ4n) is 4.85. The van der Waals surface area contributed by atoms with Gasteiger partial charge in [0, 0.05) is 29.9 Å². The topological polar surface area (TPSA) is 31.4 Å². The van der Waals surface area contributed by atoms with Crippen molar-refractivity contribution in [1.82, 2.24) is 0 Å². The molecule has 8 heteroatoms. The fourth-order valence-corrected chi connectivity index (χ4v) is 4.85. The van der Waals surface area contributed by atoms with E-state index in [-0.39, 0.29) is 5.41 Å².